The quantitative estimate of drug-likeness (QED) is 0.933. The van der Waals surface area contributed by atoms with Gasteiger partial charge in [0.05, 0.1) is 0 Å². The molecule has 1 saturated heterocycles. The molecule has 3 rings (SSSR count). The fourth-order valence-corrected chi connectivity index (χ4v) is 3.36. The molecule has 1 aromatic carbocycles. The first kappa shape index (κ1) is 15.3. The number of fused-ring (bicyclic) bond motifs is 1. The maximum absolute atomic E-state index is 12.0. The molecule has 1 amide bonds. The average Bonchev–Trinajstić information content (AvgIpc) is 2.86. The first-order valence-corrected chi connectivity index (χ1v) is 8.10. The Morgan fingerprint density at radius 2 is 2.00 bits per heavy atom. The zero-order chi connectivity index (χ0) is 15.9. The summed E-state index contributed by atoms with van der Waals surface area (Å²) in [6.07, 6.45) is -0.169. The summed E-state index contributed by atoms with van der Waals surface area (Å²) in [5, 5.41) is 3.63. The Bertz CT molecular complexity index is 552. The van der Waals surface area contributed by atoms with Crippen LogP contribution in [-0.2, 0) is 11.3 Å². The van der Waals surface area contributed by atoms with Crippen molar-refractivity contribution < 1.29 is 9.53 Å². The summed E-state index contributed by atoms with van der Waals surface area (Å²) in [5.74, 6) is 1.19. The van der Waals surface area contributed by atoms with Gasteiger partial charge in [0.2, 0.25) is 0 Å². The summed E-state index contributed by atoms with van der Waals surface area (Å²) in [5.41, 5.74) is 2.22. The van der Waals surface area contributed by atoms with E-state index in [-0.39, 0.29) is 6.09 Å². The zero-order valence-corrected chi connectivity index (χ0v) is 13.9. The number of nitrogens with one attached hydrogen (secondary N) is 1. The predicted octanol–water partition coefficient (Wildman–Crippen LogP) is 2.95. The molecular formula is C18H26N2O2. The number of ether oxygens (including phenoxy) is 1. The summed E-state index contributed by atoms with van der Waals surface area (Å²) in [6.45, 7) is 10.4. The molecule has 4 heteroatoms. The molecule has 4 nitrogen and oxygen atoms in total. The molecule has 0 spiro atoms. The lowest BCUT2D eigenvalue weighted by molar-refractivity contribution is 0.0269. The fraction of sp³-hybridized carbons (Fsp3) is 0.611. The van der Waals surface area contributed by atoms with Crippen LogP contribution < -0.4 is 5.32 Å². The van der Waals surface area contributed by atoms with Crippen molar-refractivity contribution in [1.29, 1.82) is 0 Å². The van der Waals surface area contributed by atoms with Crippen LogP contribution in [0.25, 0.3) is 0 Å². The van der Waals surface area contributed by atoms with E-state index in [4.69, 9.17) is 4.74 Å². The Morgan fingerprint density at radius 3 is 2.59 bits per heavy atom. The van der Waals surface area contributed by atoms with Crippen LogP contribution >= 0.6 is 0 Å². The molecule has 1 aromatic rings. The lowest BCUT2D eigenvalue weighted by atomic mass is 10.1. The molecule has 1 aliphatic heterocycles. The number of benzene rings is 1. The van der Waals surface area contributed by atoms with Crippen molar-refractivity contribution in [3.63, 3.8) is 0 Å². The molecule has 0 aromatic heterocycles. The standard InChI is InChI=1S/C18H26N2O2/c1-12-6-5-7-13(8-12)9-19-16-14-10-20(11-15(14)16)17(21)22-18(2,3)4/h5-8,14-16,19H,9-11H2,1-4H3. The van der Waals surface area contributed by atoms with Crippen LogP contribution in [0.4, 0.5) is 4.79 Å². The number of hydrogen-bond acceptors (Lipinski definition) is 3. The van der Waals surface area contributed by atoms with Gasteiger partial charge in [0.1, 0.15) is 5.60 Å². The van der Waals surface area contributed by atoms with Gasteiger partial charge in [-0.1, -0.05) is 29.8 Å². The van der Waals surface area contributed by atoms with E-state index >= 15 is 0 Å². The van der Waals surface area contributed by atoms with E-state index in [2.05, 4.69) is 36.5 Å². The van der Waals surface area contributed by atoms with Crippen LogP contribution in [0.15, 0.2) is 24.3 Å². The number of amides is 1. The van der Waals surface area contributed by atoms with Crippen LogP contribution in [0.1, 0.15) is 31.9 Å². The smallest absolute Gasteiger partial charge is 0.410 e. The monoisotopic (exact) mass is 302 g/mol. The summed E-state index contributed by atoms with van der Waals surface area (Å²) < 4.78 is 5.43. The summed E-state index contributed by atoms with van der Waals surface area (Å²) in [6, 6.07) is 9.15. The van der Waals surface area contributed by atoms with Crippen molar-refractivity contribution in [3.05, 3.63) is 35.4 Å². The lowest BCUT2D eigenvalue weighted by Gasteiger charge is -2.26. The van der Waals surface area contributed by atoms with Crippen LogP contribution in [0.3, 0.4) is 0 Å². The number of nitrogens with zero attached hydrogens (tertiary/aromatic N) is 1. The van der Waals surface area contributed by atoms with Crippen LogP contribution in [-0.4, -0.2) is 35.7 Å². The first-order valence-electron chi connectivity index (χ1n) is 8.10. The molecule has 2 aliphatic rings. The average molecular weight is 302 g/mol. The molecule has 0 radical (unpaired) electrons. The summed E-state index contributed by atoms with van der Waals surface area (Å²) in [7, 11) is 0. The molecule has 1 heterocycles. The van der Waals surface area contributed by atoms with Gasteiger partial charge in [-0.25, -0.2) is 4.79 Å². The van der Waals surface area contributed by atoms with Gasteiger partial charge in [0.15, 0.2) is 0 Å². The number of carbonyl (C=O) groups is 1. The predicted molar refractivity (Wildman–Crippen MR) is 86.6 cm³/mol. The highest BCUT2D eigenvalue weighted by Crippen LogP contribution is 2.45. The van der Waals surface area contributed by atoms with Crippen molar-refractivity contribution in [2.45, 2.75) is 45.9 Å². The van der Waals surface area contributed by atoms with E-state index in [1.807, 2.05) is 25.7 Å². The van der Waals surface area contributed by atoms with Gasteiger partial charge in [0, 0.05) is 25.7 Å². The van der Waals surface area contributed by atoms with E-state index in [0.29, 0.717) is 17.9 Å². The highest BCUT2D eigenvalue weighted by atomic mass is 16.6. The normalized spacial score (nSPS) is 26.7. The van der Waals surface area contributed by atoms with Crippen molar-refractivity contribution >= 4 is 6.09 Å². The largest absolute Gasteiger partial charge is 0.444 e. The minimum absolute atomic E-state index is 0.169. The maximum Gasteiger partial charge on any atom is 0.410 e. The Balaban J connectivity index is 1.44. The number of piperidine rings is 1. The third-order valence-electron chi connectivity index (χ3n) is 4.47. The van der Waals surface area contributed by atoms with Crippen molar-refractivity contribution in [2.75, 3.05) is 13.1 Å². The lowest BCUT2D eigenvalue weighted by Crippen LogP contribution is -2.39. The highest BCUT2D eigenvalue weighted by Gasteiger charge is 2.56. The number of hydrogen-bond donors (Lipinski definition) is 1. The first-order chi connectivity index (χ1) is 10.3. The molecule has 22 heavy (non-hydrogen) atoms. The Labute approximate surface area is 132 Å². The summed E-state index contributed by atoms with van der Waals surface area (Å²) >= 11 is 0. The maximum atomic E-state index is 12.0. The molecule has 0 bridgehead atoms. The minimum Gasteiger partial charge on any atom is -0.444 e. The van der Waals surface area contributed by atoms with E-state index in [1.165, 1.54) is 11.1 Å². The molecule has 2 atom stereocenters. The van der Waals surface area contributed by atoms with E-state index in [9.17, 15) is 4.79 Å². The second-order valence-corrected chi connectivity index (χ2v) is 7.61. The van der Waals surface area contributed by atoms with Crippen molar-refractivity contribution in [3.8, 4) is 0 Å². The second kappa shape index (κ2) is 5.58. The molecule has 1 saturated carbocycles. The van der Waals surface area contributed by atoms with Gasteiger partial charge >= 0.3 is 6.09 Å². The summed E-state index contributed by atoms with van der Waals surface area (Å²) in [4.78, 5) is 13.9. The van der Waals surface area contributed by atoms with Crippen LogP contribution in [0.5, 0.6) is 0 Å². The van der Waals surface area contributed by atoms with Gasteiger partial charge in [-0.3, -0.25) is 0 Å². The topological polar surface area (TPSA) is 41.6 Å². The van der Waals surface area contributed by atoms with Gasteiger partial charge in [0.25, 0.3) is 0 Å². The van der Waals surface area contributed by atoms with Gasteiger partial charge < -0.3 is 15.0 Å². The molecule has 2 fully saturated rings. The van der Waals surface area contributed by atoms with Crippen molar-refractivity contribution in [1.82, 2.24) is 10.2 Å². The van der Waals surface area contributed by atoms with E-state index < -0.39 is 5.60 Å². The highest BCUT2D eigenvalue weighted by molar-refractivity contribution is 5.69. The molecule has 120 valence electrons. The Kier molecular flexibility index (Phi) is 3.89. The van der Waals surface area contributed by atoms with Gasteiger partial charge in [-0.15, -0.1) is 0 Å². The van der Waals surface area contributed by atoms with Gasteiger partial charge in [-0.2, -0.15) is 0 Å². The molecule has 1 N–H and O–H groups in total. The number of aryl methyl sites for hydroxylation is 1. The fourth-order valence-electron chi connectivity index (χ4n) is 3.36. The minimum atomic E-state index is -0.410. The Hall–Kier alpha value is -1.55. The molecule has 2 unspecified atom stereocenters. The molecular weight excluding hydrogens is 276 g/mol. The Morgan fingerprint density at radius 1 is 1.32 bits per heavy atom. The van der Waals surface area contributed by atoms with E-state index in [0.717, 1.165) is 19.6 Å². The molecule has 1 aliphatic carbocycles. The van der Waals surface area contributed by atoms with Gasteiger partial charge in [-0.05, 0) is 45.1 Å². The van der Waals surface area contributed by atoms with Crippen LogP contribution in [0.2, 0.25) is 0 Å². The SMILES string of the molecule is Cc1cccc(CNC2C3CN(C(=O)OC(C)(C)C)CC32)c1. The number of likely N-dealkylation sites (tertiary alicyclic amines) is 1. The third kappa shape index (κ3) is 3.43. The third-order valence-corrected chi connectivity index (χ3v) is 4.47. The van der Waals surface area contributed by atoms with E-state index in [1.54, 1.807) is 0 Å². The van der Waals surface area contributed by atoms with Crippen molar-refractivity contribution in [2.24, 2.45) is 11.8 Å². The van der Waals surface area contributed by atoms with Crippen LogP contribution in [0, 0.1) is 18.8 Å². The number of rotatable bonds is 3. The number of carbonyl (C=O) groups excluding carboxylic acids is 1. The second-order valence-electron chi connectivity index (χ2n) is 7.61. The zero-order valence-electron chi connectivity index (χ0n) is 13.9.